The van der Waals surface area contributed by atoms with Crippen molar-refractivity contribution in [1.29, 1.82) is 0 Å². The second kappa shape index (κ2) is 10.6. The van der Waals surface area contributed by atoms with E-state index in [1.54, 1.807) is 11.6 Å². The van der Waals surface area contributed by atoms with Crippen molar-refractivity contribution in [3.8, 4) is 10.7 Å². The summed E-state index contributed by atoms with van der Waals surface area (Å²) in [5, 5.41) is 5.29. The molecule has 0 aliphatic heterocycles. The number of nitrogens with one attached hydrogen (secondary N) is 1. The fourth-order valence-corrected chi connectivity index (χ4v) is 3.74. The van der Waals surface area contributed by atoms with Crippen molar-refractivity contribution in [2.75, 3.05) is 25.5 Å². The molecule has 0 saturated carbocycles. The van der Waals surface area contributed by atoms with Gasteiger partial charge in [-0.2, -0.15) is 0 Å². The third-order valence-corrected chi connectivity index (χ3v) is 5.58. The number of aromatic nitrogens is 2. The van der Waals surface area contributed by atoms with Gasteiger partial charge >= 0.3 is 5.97 Å². The van der Waals surface area contributed by atoms with Gasteiger partial charge in [0.05, 0.1) is 24.4 Å². The lowest BCUT2D eigenvalue weighted by Gasteiger charge is -2.18. The summed E-state index contributed by atoms with van der Waals surface area (Å²) in [6.45, 7) is 3.21. The molecule has 2 aromatic heterocycles. The third-order valence-electron chi connectivity index (χ3n) is 4.67. The molecule has 0 atom stereocenters. The van der Waals surface area contributed by atoms with Gasteiger partial charge in [-0.15, -0.1) is 11.3 Å². The molecule has 1 N–H and O–H groups in total. The monoisotopic (exact) mass is 452 g/mol. The zero-order valence-corrected chi connectivity index (χ0v) is 18.9. The molecule has 0 aliphatic carbocycles. The number of carbonyl (C=O) groups excluding carboxylic acids is 3. The molecule has 0 radical (unpaired) electrons. The summed E-state index contributed by atoms with van der Waals surface area (Å²) in [4.78, 5) is 46.5. The quantitative estimate of drug-likeness (QED) is 0.527. The van der Waals surface area contributed by atoms with E-state index in [0.29, 0.717) is 10.7 Å². The van der Waals surface area contributed by atoms with Crippen LogP contribution >= 0.6 is 11.3 Å². The molecule has 0 fully saturated rings. The second-order valence-corrected chi connectivity index (χ2v) is 8.12. The molecule has 1 aromatic carbocycles. The molecule has 9 heteroatoms. The number of anilines is 1. The van der Waals surface area contributed by atoms with Crippen molar-refractivity contribution in [1.82, 2.24) is 14.9 Å². The first kappa shape index (κ1) is 23.1. The van der Waals surface area contributed by atoms with Crippen molar-refractivity contribution in [2.24, 2.45) is 0 Å². The number of esters is 1. The Balaban J connectivity index is 1.45. The molecule has 3 aromatic rings. The highest BCUT2D eigenvalue weighted by Crippen LogP contribution is 2.22. The molecular formula is C23H24N4O4S. The zero-order valence-electron chi connectivity index (χ0n) is 18.1. The van der Waals surface area contributed by atoms with E-state index in [1.807, 2.05) is 50.2 Å². The number of ether oxygens (including phenoxy) is 1. The van der Waals surface area contributed by atoms with Crippen LogP contribution in [0.2, 0.25) is 0 Å². The van der Waals surface area contributed by atoms with Crippen LogP contribution in [0.5, 0.6) is 0 Å². The number of nitrogens with zero attached hydrogens (tertiary/aromatic N) is 3. The number of carbonyl (C=O) groups is 3. The number of amides is 2. The zero-order chi connectivity index (χ0) is 23.1. The Morgan fingerprint density at radius 3 is 2.53 bits per heavy atom. The molecule has 0 unspecified atom stereocenters. The number of hydrogen-bond donors (Lipinski definition) is 1. The Labute approximate surface area is 190 Å². The van der Waals surface area contributed by atoms with E-state index in [-0.39, 0.29) is 18.9 Å². The van der Waals surface area contributed by atoms with Crippen molar-refractivity contribution in [3.05, 3.63) is 64.8 Å². The Hall–Kier alpha value is -3.59. The lowest BCUT2D eigenvalue weighted by Crippen LogP contribution is -2.37. The smallest absolute Gasteiger partial charge is 0.312 e. The van der Waals surface area contributed by atoms with Crippen LogP contribution in [0.3, 0.4) is 0 Å². The van der Waals surface area contributed by atoms with Gasteiger partial charge in [-0.25, -0.2) is 4.98 Å². The van der Waals surface area contributed by atoms with Crippen molar-refractivity contribution in [3.63, 3.8) is 0 Å². The van der Waals surface area contributed by atoms with E-state index >= 15 is 0 Å². The highest BCUT2D eigenvalue weighted by atomic mass is 32.1. The Morgan fingerprint density at radius 1 is 1.09 bits per heavy atom. The first-order chi connectivity index (χ1) is 15.3. The lowest BCUT2D eigenvalue weighted by atomic mass is 10.1. The average Bonchev–Trinajstić information content (AvgIpc) is 3.23. The standard InChI is InChI=1S/C23H24N4O4S/c1-15-7-6-8-16(2)22(15)26-19(28)12-27(3)20(29)13-31-21(30)11-17-14-32-23(25-17)18-9-4-5-10-24-18/h4-10,14H,11-13H2,1-3H3,(H,26,28). The van der Waals surface area contributed by atoms with Gasteiger partial charge in [-0.1, -0.05) is 24.3 Å². The van der Waals surface area contributed by atoms with Crippen LogP contribution in [-0.2, 0) is 25.5 Å². The number of benzene rings is 1. The maximum atomic E-state index is 12.3. The van der Waals surface area contributed by atoms with Gasteiger partial charge in [0.15, 0.2) is 6.61 Å². The van der Waals surface area contributed by atoms with Crippen LogP contribution in [0.15, 0.2) is 48.0 Å². The summed E-state index contributed by atoms with van der Waals surface area (Å²) >= 11 is 1.38. The minimum atomic E-state index is -0.565. The normalized spacial score (nSPS) is 10.5. The van der Waals surface area contributed by atoms with Gasteiger partial charge in [-0.05, 0) is 37.1 Å². The summed E-state index contributed by atoms with van der Waals surface area (Å²) < 4.78 is 5.07. The molecule has 0 bridgehead atoms. The van der Waals surface area contributed by atoms with Gasteiger partial charge in [0, 0.05) is 24.3 Å². The van der Waals surface area contributed by atoms with E-state index in [9.17, 15) is 14.4 Å². The van der Waals surface area contributed by atoms with Crippen LogP contribution in [0.1, 0.15) is 16.8 Å². The summed E-state index contributed by atoms with van der Waals surface area (Å²) in [5.41, 5.74) is 3.89. The number of aryl methyl sites for hydroxylation is 2. The van der Waals surface area contributed by atoms with Crippen molar-refractivity contribution < 1.29 is 19.1 Å². The third kappa shape index (κ3) is 6.21. The highest BCUT2D eigenvalue weighted by molar-refractivity contribution is 7.13. The highest BCUT2D eigenvalue weighted by Gasteiger charge is 2.17. The summed E-state index contributed by atoms with van der Waals surface area (Å²) in [6.07, 6.45) is 1.63. The number of pyridine rings is 1. The van der Waals surface area contributed by atoms with Crippen LogP contribution < -0.4 is 5.32 Å². The second-order valence-electron chi connectivity index (χ2n) is 7.26. The minimum absolute atomic E-state index is 0.0482. The molecule has 32 heavy (non-hydrogen) atoms. The summed E-state index contributed by atoms with van der Waals surface area (Å²) in [7, 11) is 1.49. The topological polar surface area (TPSA) is 101 Å². The number of hydrogen-bond acceptors (Lipinski definition) is 7. The maximum Gasteiger partial charge on any atom is 0.312 e. The number of likely N-dealkylation sites (N-methyl/N-ethyl adjacent to an activating group) is 1. The van der Waals surface area contributed by atoms with Gasteiger partial charge in [0.25, 0.3) is 5.91 Å². The largest absolute Gasteiger partial charge is 0.455 e. The van der Waals surface area contributed by atoms with Gasteiger partial charge in [-0.3, -0.25) is 19.4 Å². The van der Waals surface area contributed by atoms with Gasteiger partial charge < -0.3 is 15.0 Å². The first-order valence-corrected chi connectivity index (χ1v) is 10.8. The summed E-state index contributed by atoms with van der Waals surface area (Å²) in [5.74, 6) is -1.36. The number of thiazole rings is 1. The number of para-hydroxylation sites is 1. The summed E-state index contributed by atoms with van der Waals surface area (Å²) in [6, 6.07) is 11.2. The minimum Gasteiger partial charge on any atom is -0.455 e. The molecule has 0 saturated heterocycles. The fourth-order valence-electron chi connectivity index (χ4n) is 2.94. The van der Waals surface area contributed by atoms with Crippen LogP contribution in [0, 0.1) is 13.8 Å². The van der Waals surface area contributed by atoms with Crippen LogP contribution in [0.25, 0.3) is 10.7 Å². The molecule has 8 nitrogen and oxygen atoms in total. The van der Waals surface area contributed by atoms with Gasteiger partial charge in [0.2, 0.25) is 5.91 Å². The predicted octanol–water partition coefficient (Wildman–Crippen LogP) is 3.00. The Bertz CT molecular complexity index is 1090. The number of rotatable bonds is 8. The van der Waals surface area contributed by atoms with E-state index in [4.69, 9.17) is 4.74 Å². The Morgan fingerprint density at radius 2 is 1.84 bits per heavy atom. The molecule has 3 rings (SSSR count). The molecule has 2 heterocycles. The van der Waals surface area contributed by atoms with E-state index in [0.717, 1.165) is 22.5 Å². The fraction of sp³-hybridized carbons (Fsp3) is 0.261. The molecular weight excluding hydrogens is 428 g/mol. The molecule has 0 aliphatic rings. The Kier molecular flexibility index (Phi) is 7.67. The van der Waals surface area contributed by atoms with E-state index in [1.165, 1.54) is 23.3 Å². The van der Waals surface area contributed by atoms with Gasteiger partial charge in [0.1, 0.15) is 5.01 Å². The maximum absolute atomic E-state index is 12.3. The molecule has 166 valence electrons. The lowest BCUT2D eigenvalue weighted by molar-refractivity contribution is -0.151. The molecule has 0 spiro atoms. The predicted molar refractivity (Wildman–Crippen MR) is 122 cm³/mol. The van der Waals surface area contributed by atoms with E-state index < -0.39 is 18.5 Å². The van der Waals surface area contributed by atoms with Crippen molar-refractivity contribution >= 4 is 34.8 Å². The molecule has 2 amide bonds. The van der Waals surface area contributed by atoms with Crippen LogP contribution in [-0.4, -0.2) is 52.9 Å². The average molecular weight is 453 g/mol. The first-order valence-electron chi connectivity index (χ1n) is 9.95. The van der Waals surface area contributed by atoms with Crippen LogP contribution in [0.4, 0.5) is 5.69 Å². The SMILES string of the molecule is Cc1cccc(C)c1NC(=O)CN(C)C(=O)COC(=O)Cc1csc(-c2ccccn2)n1. The van der Waals surface area contributed by atoms with Crippen molar-refractivity contribution in [2.45, 2.75) is 20.3 Å². The van der Waals surface area contributed by atoms with E-state index in [2.05, 4.69) is 15.3 Å².